The molecule has 0 unspecified atom stereocenters. The van der Waals surface area contributed by atoms with Crippen molar-refractivity contribution in [1.29, 1.82) is 0 Å². The zero-order valence-corrected chi connectivity index (χ0v) is 13.4. The standard InChI is InChI=1S/C18H17N3O3/c1-21(2)16(22)11-19-18(23)13-8-9-15-14(10-13)17(24-20-15)12-6-4-3-5-7-12/h3-10H,11H2,1-2H3,(H,19,23). The first-order chi connectivity index (χ1) is 11.6. The third-order valence-electron chi connectivity index (χ3n) is 3.67. The van der Waals surface area contributed by atoms with E-state index in [-0.39, 0.29) is 18.4 Å². The Morgan fingerprint density at radius 2 is 1.88 bits per heavy atom. The molecule has 0 bridgehead atoms. The SMILES string of the molecule is CN(C)C(=O)CNC(=O)c1ccc2noc(-c3ccccc3)c2c1. The maximum atomic E-state index is 12.3. The summed E-state index contributed by atoms with van der Waals surface area (Å²) in [6, 6.07) is 14.7. The molecule has 0 fully saturated rings. The highest BCUT2D eigenvalue weighted by Gasteiger charge is 2.14. The van der Waals surface area contributed by atoms with Crippen molar-refractivity contribution < 1.29 is 14.1 Å². The topological polar surface area (TPSA) is 75.4 Å². The number of amides is 2. The first-order valence-corrected chi connectivity index (χ1v) is 7.49. The largest absolute Gasteiger partial charge is 0.355 e. The lowest BCUT2D eigenvalue weighted by molar-refractivity contribution is -0.127. The fourth-order valence-electron chi connectivity index (χ4n) is 2.30. The Morgan fingerprint density at radius 1 is 1.12 bits per heavy atom. The Balaban J connectivity index is 1.88. The van der Waals surface area contributed by atoms with Gasteiger partial charge in [-0.25, -0.2) is 0 Å². The van der Waals surface area contributed by atoms with Crippen LogP contribution in [0, 0.1) is 0 Å². The molecule has 1 aromatic heterocycles. The summed E-state index contributed by atoms with van der Waals surface area (Å²) in [6.45, 7) is -0.0426. The van der Waals surface area contributed by atoms with E-state index in [9.17, 15) is 9.59 Å². The second kappa shape index (κ2) is 6.54. The number of aromatic nitrogens is 1. The van der Waals surface area contributed by atoms with Crippen LogP contribution in [0.2, 0.25) is 0 Å². The summed E-state index contributed by atoms with van der Waals surface area (Å²) in [4.78, 5) is 25.3. The number of hydrogen-bond acceptors (Lipinski definition) is 4. The van der Waals surface area contributed by atoms with Crippen molar-refractivity contribution in [3.63, 3.8) is 0 Å². The number of fused-ring (bicyclic) bond motifs is 1. The monoisotopic (exact) mass is 323 g/mol. The predicted molar refractivity (Wildman–Crippen MR) is 90.5 cm³/mol. The lowest BCUT2D eigenvalue weighted by Crippen LogP contribution is -2.36. The summed E-state index contributed by atoms with van der Waals surface area (Å²) in [5, 5.41) is 7.40. The normalized spacial score (nSPS) is 10.6. The van der Waals surface area contributed by atoms with Gasteiger partial charge in [-0.05, 0) is 18.2 Å². The summed E-state index contributed by atoms with van der Waals surface area (Å²) >= 11 is 0. The number of benzene rings is 2. The minimum atomic E-state index is -0.313. The number of carbonyl (C=O) groups excluding carboxylic acids is 2. The Morgan fingerprint density at radius 3 is 2.58 bits per heavy atom. The van der Waals surface area contributed by atoms with Crippen LogP contribution in [0.25, 0.3) is 22.2 Å². The molecule has 122 valence electrons. The van der Waals surface area contributed by atoms with Crippen LogP contribution in [0.15, 0.2) is 53.1 Å². The van der Waals surface area contributed by atoms with E-state index in [4.69, 9.17) is 4.52 Å². The minimum absolute atomic E-state index is 0.0426. The van der Waals surface area contributed by atoms with Crippen LogP contribution in [-0.2, 0) is 4.79 Å². The number of nitrogens with one attached hydrogen (secondary N) is 1. The average Bonchev–Trinajstić information content (AvgIpc) is 3.03. The lowest BCUT2D eigenvalue weighted by atomic mass is 10.1. The molecule has 6 nitrogen and oxygen atoms in total. The molecule has 0 saturated carbocycles. The van der Waals surface area contributed by atoms with Gasteiger partial charge in [0.1, 0.15) is 5.52 Å². The molecule has 3 rings (SSSR count). The highest BCUT2D eigenvalue weighted by molar-refractivity contribution is 6.01. The van der Waals surface area contributed by atoms with Crippen LogP contribution >= 0.6 is 0 Å². The van der Waals surface area contributed by atoms with Gasteiger partial charge in [0, 0.05) is 25.2 Å². The van der Waals surface area contributed by atoms with E-state index in [1.165, 1.54) is 4.90 Å². The lowest BCUT2D eigenvalue weighted by Gasteiger charge is -2.10. The molecule has 0 aliphatic heterocycles. The summed E-state index contributed by atoms with van der Waals surface area (Å²) in [7, 11) is 3.29. The van der Waals surface area contributed by atoms with Gasteiger partial charge in [-0.1, -0.05) is 35.5 Å². The van der Waals surface area contributed by atoms with Gasteiger partial charge >= 0.3 is 0 Å². The van der Waals surface area contributed by atoms with Crippen molar-refractivity contribution in [2.45, 2.75) is 0 Å². The highest BCUT2D eigenvalue weighted by Crippen LogP contribution is 2.29. The zero-order valence-electron chi connectivity index (χ0n) is 13.4. The van der Waals surface area contributed by atoms with Gasteiger partial charge < -0.3 is 14.7 Å². The number of nitrogens with zero attached hydrogens (tertiary/aromatic N) is 2. The third-order valence-corrected chi connectivity index (χ3v) is 3.67. The first kappa shape index (κ1) is 15.7. The number of rotatable bonds is 4. The molecule has 0 atom stereocenters. The Kier molecular flexibility index (Phi) is 4.29. The van der Waals surface area contributed by atoms with Gasteiger partial charge in [-0.2, -0.15) is 0 Å². The van der Waals surface area contributed by atoms with Gasteiger partial charge in [-0.3, -0.25) is 9.59 Å². The Hall–Kier alpha value is -3.15. The second-order valence-corrected chi connectivity index (χ2v) is 5.58. The van der Waals surface area contributed by atoms with Crippen LogP contribution in [0.3, 0.4) is 0 Å². The van der Waals surface area contributed by atoms with Crippen LogP contribution in [0.5, 0.6) is 0 Å². The number of carbonyl (C=O) groups is 2. The van der Waals surface area contributed by atoms with Gasteiger partial charge in [0.2, 0.25) is 5.91 Å². The molecule has 0 spiro atoms. The van der Waals surface area contributed by atoms with Crippen LogP contribution < -0.4 is 5.32 Å². The average molecular weight is 323 g/mol. The van der Waals surface area contributed by atoms with Crippen molar-refractivity contribution >= 4 is 22.7 Å². The summed E-state index contributed by atoms with van der Waals surface area (Å²) < 4.78 is 5.42. The maximum Gasteiger partial charge on any atom is 0.251 e. The molecule has 2 aromatic carbocycles. The zero-order chi connectivity index (χ0) is 17.1. The summed E-state index contributed by atoms with van der Waals surface area (Å²) in [5.74, 6) is 0.135. The van der Waals surface area contributed by atoms with E-state index < -0.39 is 0 Å². The van der Waals surface area contributed by atoms with Gasteiger partial charge in [0.15, 0.2) is 5.76 Å². The van der Waals surface area contributed by atoms with Crippen LogP contribution in [-0.4, -0.2) is 42.5 Å². The van der Waals surface area contributed by atoms with Crippen molar-refractivity contribution in [2.75, 3.05) is 20.6 Å². The quantitative estimate of drug-likeness (QED) is 0.799. The smallest absolute Gasteiger partial charge is 0.251 e. The Bertz CT molecular complexity index is 885. The fourth-order valence-corrected chi connectivity index (χ4v) is 2.30. The second-order valence-electron chi connectivity index (χ2n) is 5.58. The molecule has 1 heterocycles. The summed E-state index contributed by atoms with van der Waals surface area (Å²) in [6.07, 6.45) is 0. The molecular formula is C18H17N3O3. The van der Waals surface area contributed by atoms with E-state index in [1.54, 1.807) is 32.3 Å². The molecular weight excluding hydrogens is 306 g/mol. The number of likely N-dealkylation sites (N-methyl/N-ethyl adjacent to an activating group) is 1. The fraction of sp³-hybridized carbons (Fsp3) is 0.167. The first-order valence-electron chi connectivity index (χ1n) is 7.49. The molecule has 0 aliphatic carbocycles. The molecule has 1 N–H and O–H groups in total. The van der Waals surface area contributed by atoms with Crippen molar-refractivity contribution in [2.24, 2.45) is 0 Å². The molecule has 3 aromatic rings. The van der Waals surface area contributed by atoms with Crippen molar-refractivity contribution in [3.8, 4) is 11.3 Å². The van der Waals surface area contributed by atoms with Crippen molar-refractivity contribution in [3.05, 3.63) is 54.1 Å². The predicted octanol–water partition coefficient (Wildman–Crippen LogP) is 2.31. The highest BCUT2D eigenvalue weighted by atomic mass is 16.5. The number of hydrogen-bond donors (Lipinski definition) is 1. The molecule has 2 amide bonds. The van der Waals surface area contributed by atoms with E-state index in [0.717, 1.165) is 10.9 Å². The Labute approximate surface area is 139 Å². The van der Waals surface area contributed by atoms with Crippen LogP contribution in [0.4, 0.5) is 0 Å². The van der Waals surface area contributed by atoms with E-state index in [2.05, 4.69) is 10.5 Å². The molecule has 0 saturated heterocycles. The van der Waals surface area contributed by atoms with Gasteiger partial charge in [0.05, 0.1) is 11.9 Å². The summed E-state index contributed by atoms with van der Waals surface area (Å²) in [5.41, 5.74) is 2.02. The van der Waals surface area contributed by atoms with E-state index >= 15 is 0 Å². The molecule has 24 heavy (non-hydrogen) atoms. The molecule has 0 aliphatic rings. The van der Waals surface area contributed by atoms with E-state index in [1.807, 2.05) is 30.3 Å². The van der Waals surface area contributed by atoms with Crippen LogP contribution in [0.1, 0.15) is 10.4 Å². The molecule has 0 radical (unpaired) electrons. The minimum Gasteiger partial charge on any atom is -0.355 e. The van der Waals surface area contributed by atoms with Crippen molar-refractivity contribution in [1.82, 2.24) is 15.4 Å². The maximum absolute atomic E-state index is 12.3. The molecule has 6 heteroatoms. The van der Waals surface area contributed by atoms with E-state index in [0.29, 0.717) is 16.8 Å². The third kappa shape index (κ3) is 3.12. The van der Waals surface area contributed by atoms with Gasteiger partial charge in [0.25, 0.3) is 5.91 Å². The van der Waals surface area contributed by atoms with Gasteiger partial charge in [-0.15, -0.1) is 0 Å².